The second-order valence-corrected chi connectivity index (χ2v) is 3.72. The zero-order valence-corrected chi connectivity index (χ0v) is 8.44. The van der Waals surface area contributed by atoms with E-state index in [0.717, 1.165) is 0 Å². The van der Waals surface area contributed by atoms with E-state index in [1.807, 2.05) is 13.8 Å². The molecule has 0 bridgehead atoms. The number of rotatable bonds is 2. The lowest BCUT2D eigenvalue weighted by molar-refractivity contribution is 0.501. The summed E-state index contributed by atoms with van der Waals surface area (Å²) in [7, 11) is 0. The van der Waals surface area contributed by atoms with Crippen molar-refractivity contribution in [2.24, 2.45) is 11.7 Å². The van der Waals surface area contributed by atoms with Gasteiger partial charge in [-0.2, -0.15) is 0 Å². The van der Waals surface area contributed by atoms with Crippen LogP contribution in [0.2, 0.25) is 0 Å². The van der Waals surface area contributed by atoms with Crippen LogP contribution < -0.4 is 11.3 Å². The molecule has 1 heterocycles. The van der Waals surface area contributed by atoms with Gasteiger partial charge >= 0.3 is 0 Å². The Morgan fingerprint density at radius 1 is 1.46 bits per heavy atom. The van der Waals surface area contributed by atoms with Crippen molar-refractivity contribution < 1.29 is 0 Å². The third kappa shape index (κ3) is 2.50. The molecule has 0 unspecified atom stereocenters. The molecule has 72 valence electrons. The van der Waals surface area contributed by atoms with Crippen molar-refractivity contribution in [2.45, 2.75) is 19.9 Å². The van der Waals surface area contributed by atoms with Crippen LogP contribution in [0.4, 0.5) is 0 Å². The standard InChI is InChI=1S/C8H13N3OS/c1-4(2)7(9)5-3-6(12)11-8(13)10-5/h3-4,7H,9H2,1-2H3,(H2,10,11,12,13)/t7-/m0/s1. The van der Waals surface area contributed by atoms with Gasteiger partial charge in [0.2, 0.25) is 0 Å². The molecule has 0 saturated heterocycles. The average Bonchev–Trinajstić information content (AvgIpc) is 2.01. The van der Waals surface area contributed by atoms with Gasteiger partial charge in [-0.15, -0.1) is 0 Å². The Balaban J connectivity index is 3.15. The van der Waals surface area contributed by atoms with Crippen molar-refractivity contribution >= 4 is 12.2 Å². The Morgan fingerprint density at radius 2 is 2.08 bits per heavy atom. The lowest BCUT2D eigenvalue weighted by atomic mass is 10.0. The van der Waals surface area contributed by atoms with E-state index in [1.54, 1.807) is 0 Å². The normalized spacial score (nSPS) is 13.2. The van der Waals surface area contributed by atoms with Gasteiger partial charge < -0.3 is 10.7 Å². The molecule has 4 N–H and O–H groups in total. The van der Waals surface area contributed by atoms with E-state index in [0.29, 0.717) is 10.5 Å². The molecule has 1 aromatic heterocycles. The fourth-order valence-corrected chi connectivity index (χ4v) is 1.24. The van der Waals surface area contributed by atoms with E-state index < -0.39 is 0 Å². The number of aromatic amines is 2. The summed E-state index contributed by atoms with van der Waals surface area (Å²) in [6, 6.07) is 1.27. The van der Waals surface area contributed by atoms with Gasteiger partial charge in [0.1, 0.15) is 0 Å². The molecule has 0 fully saturated rings. The van der Waals surface area contributed by atoms with E-state index in [2.05, 4.69) is 9.97 Å². The molecule has 0 spiro atoms. The van der Waals surface area contributed by atoms with Gasteiger partial charge in [-0.3, -0.25) is 9.78 Å². The molecular weight excluding hydrogens is 186 g/mol. The average molecular weight is 199 g/mol. The van der Waals surface area contributed by atoms with Crippen LogP contribution in [0, 0.1) is 10.7 Å². The van der Waals surface area contributed by atoms with E-state index in [9.17, 15) is 4.79 Å². The summed E-state index contributed by atoms with van der Waals surface area (Å²) in [5.41, 5.74) is 6.32. The summed E-state index contributed by atoms with van der Waals surface area (Å²) in [6.45, 7) is 3.98. The molecule has 5 heteroatoms. The van der Waals surface area contributed by atoms with Crippen LogP contribution in [-0.4, -0.2) is 9.97 Å². The SMILES string of the molecule is CC(C)[C@H](N)c1cc(=O)[nH]c(=S)[nH]1. The van der Waals surface area contributed by atoms with Gasteiger partial charge in [0, 0.05) is 17.8 Å². The van der Waals surface area contributed by atoms with Gasteiger partial charge in [-0.05, 0) is 18.1 Å². The quantitative estimate of drug-likeness (QED) is 0.624. The Labute approximate surface area is 81.2 Å². The van der Waals surface area contributed by atoms with Gasteiger partial charge in [0.25, 0.3) is 5.56 Å². The van der Waals surface area contributed by atoms with Crippen LogP contribution in [0.1, 0.15) is 25.6 Å². The van der Waals surface area contributed by atoms with Gasteiger partial charge in [0.05, 0.1) is 0 Å². The van der Waals surface area contributed by atoms with Crippen molar-refractivity contribution in [1.82, 2.24) is 9.97 Å². The molecule has 4 nitrogen and oxygen atoms in total. The van der Waals surface area contributed by atoms with Crippen LogP contribution in [0.25, 0.3) is 0 Å². The maximum absolute atomic E-state index is 11.0. The second-order valence-electron chi connectivity index (χ2n) is 3.31. The van der Waals surface area contributed by atoms with Gasteiger partial charge in [-0.25, -0.2) is 0 Å². The number of aromatic nitrogens is 2. The van der Waals surface area contributed by atoms with E-state index in [-0.39, 0.29) is 17.5 Å². The number of nitrogens with one attached hydrogen (secondary N) is 2. The molecule has 0 amide bonds. The minimum absolute atomic E-state index is 0.177. The van der Waals surface area contributed by atoms with Crippen molar-refractivity contribution in [1.29, 1.82) is 0 Å². The van der Waals surface area contributed by atoms with E-state index in [4.69, 9.17) is 18.0 Å². The molecule has 0 aliphatic carbocycles. The monoisotopic (exact) mass is 199 g/mol. The summed E-state index contributed by atoms with van der Waals surface area (Å²) >= 11 is 4.83. The smallest absolute Gasteiger partial charge is 0.251 e. The fourth-order valence-electron chi connectivity index (χ4n) is 1.03. The highest BCUT2D eigenvalue weighted by molar-refractivity contribution is 7.71. The Hall–Kier alpha value is -0.940. The van der Waals surface area contributed by atoms with E-state index >= 15 is 0 Å². The van der Waals surface area contributed by atoms with Crippen molar-refractivity contribution in [3.05, 3.63) is 26.9 Å². The highest BCUT2D eigenvalue weighted by Gasteiger charge is 2.11. The predicted molar refractivity (Wildman–Crippen MR) is 54.0 cm³/mol. The molecule has 0 aliphatic rings. The second kappa shape index (κ2) is 3.85. The molecule has 1 atom stereocenters. The van der Waals surface area contributed by atoms with Crippen LogP contribution in [-0.2, 0) is 0 Å². The molecule has 1 aromatic rings. The minimum Gasteiger partial charge on any atom is -0.334 e. The summed E-state index contributed by atoms with van der Waals surface area (Å²) in [5.74, 6) is 0.271. The van der Waals surface area contributed by atoms with Crippen LogP contribution in [0.5, 0.6) is 0 Å². The first-order valence-electron chi connectivity index (χ1n) is 4.10. The molecule has 0 radical (unpaired) electrons. The number of nitrogens with two attached hydrogens (primary N) is 1. The maximum Gasteiger partial charge on any atom is 0.251 e. The summed E-state index contributed by atoms with van der Waals surface area (Å²) in [4.78, 5) is 16.4. The first-order chi connectivity index (χ1) is 6.00. The Bertz CT molecular complexity index is 365. The van der Waals surface area contributed by atoms with Crippen LogP contribution in [0.3, 0.4) is 0 Å². The van der Waals surface area contributed by atoms with Crippen molar-refractivity contribution in [2.75, 3.05) is 0 Å². The van der Waals surface area contributed by atoms with E-state index in [1.165, 1.54) is 6.07 Å². The van der Waals surface area contributed by atoms with Gasteiger partial charge in [0.15, 0.2) is 4.77 Å². The first kappa shape index (κ1) is 10.1. The summed E-state index contributed by atoms with van der Waals surface area (Å²) in [5, 5.41) is 0. The van der Waals surface area contributed by atoms with Crippen molar-refractivity contribution in [3.8, 4) is 0 Å². The maximum atomic E-state index is 11.0. The van der Waals surface area contributed by atoms with Crippen molar-refractivity contribution in [3.63, 3.8) is 0 Å². The topological polar surface area (TPSA) is 74.7 Å². The number of H-pyrrole nitrogens is 2. The minimum atomic E-state index is -0.213. The predicted octanol–water partition coefficient (Wildman–Crippen LogP) is 1.09. The highest BCUT2D eigenvalue weighted by atomic mass is 32.1. The summed E-state index contributed by atoms with van der Waals surface area (Å²) in [6.07, 6.45) is 0. The molecule has 0 saturated carbocycles. The Kier molecular flexibility index (Phi) is 3.00. The first-order valence-corrected chi connectivity index (χ1v) is 4.50. The summed E-state index contributed by atoms with van der Waals surface area (Å²) < 4.78 is 0.318. The number of hydrogen-bond donors (Lipinski definition) is 3. The zero-order chi connectivity index (χ0) is 10.0. The Morgan fingerprint density at radius 3 is 2.54 bits per heavy atom. The molecule has 0 aliphatic heterocycles. The van der Waals surface area contributed by atoms with Crippen LogP contribution in [0.15, 0.2) is 10.9 Å². The van der Waals surface area contributed by atoms with Gasteiger partial charge in [-0.1, -0.05) is 13.8 Å². The molecule has 0 aromatic carbocycles. The molecule has 1 rings (SSSR count). The van der Waals surface area contributed by atoms with Crippen LogP contribution >= 0.6 is 12.2 Å². The third-order valence-electron chi connectivity index (χ3n) is 1.86. The molecule has 13 heavy (non-hydrogen) atoms. The lowest BCUT2D eigenvalue weighted by Gasteiger charge is -2.14. The third-order valence-corrected chi connectivity index (χ3v) is 2.06. The molecular formula is C8H13N3OS. The lowest BCUT2D eigenvalue weighted by Crippen LogP contribution is -2.21. The fraction of sp³-hybridized carbons (Fsp3) is 0.500. The largest absolute Gasteiger partial charge is 0.334 e. The highest BCUT2D eigenvalue weighted by Crippen LogP contribution is 2.14. The zero-order valence-electron chi connectivity index (χ0n) is 7.63. The number of hydrogen-bond acceptors (Lipinski definition) is 3.